The molecule has 1 aromatic rings. The normalized spacial score (nSPS) is 20.8. The molecule has 2 rings (SSSR count). The van der Waals surface area contributed by atoms with Crippen molar-refractivity contribution in [3.63, 3.8) is 0 Å². The van der Waals surface area contributed by atoms with Crippen LogP contribution in [0.15, 0.2) is 18.5 Å². The number of hydrogen-bond donors (Lipinski definition) is 1. The second-order valence-electron chi connectivity index (χ2n) is 5.72. The van der Waals surface area contributed by atoms with Crippen LogP contribution in [0.2, 0.25) is 0 Å². The maximum atomic E-state index is 11.9. The van der Waals surface area contributed by atoms with Crippen LogP contribution in [0.1, 0.15) is 57.9 Å². The summed E-state index contributed by atoms with van der Waals surface area (Å²) in [5.41, 5.74) is 0. The summed E-state index contributed by atoms with van der Waals surface area (Å²) in [6.45, 7) is 2.70. The highest BCUT2D eigenvalue weighted by Gasteiger charge is 2.31. The van der Waals surface area contributed by atoms with E-state index < -0.39 is 0 Å². The molecule has 1 saturated carbocycles. The lowest BCUT2D eigenvalue weighted by Crippen LogP contribution is -2.26. The first kappa shape index (κ1) is 16.5. The first-order valence-corrected chi connectivity index (χ1v) is 8.16. The summed E-state index contributed by atoms with van der Waals surface area (Å²) in [5, 5.41) is 7.04. The van der Waals surface area contributed by atoms with E-state index in [2.05, 4.69) is 10.4 Å². The van der Waals surface area contributed by atoms with Crippen molar-refractivity contribution in [3.8, 4) is 0 Å². The van der Waals surface area contributed by atoms with Crippen molar-refractivity contribution in [2.75, 3.05) is 6.54 Å². The molecule has 2 atom stereocenters. The van der Waals surface area contributed by atoms with Crippen LogP contribution in [0.25, 0.3) is 0 Å². The van der Waals surface area contributed by atoms with Gasteiger partial charge in [-0.25, -0.2) is 0 Å². The van der Waals surface area contributed by atoms with Gasteiger partial charge in [0.1, 0.15) is 6.10 Å². The highest BCUT2D eigenvalue weighted by molar-refractivity contribution is 5.77. The van der Waals surface area contributed by atoms with Gasteiger partial charge in [0.2, 0.25) is 5.91 Å². The standard InChI is InChI=1S/C16H25N3O3/c1-2-10-17-15(20)8-4-9-16(21)22-14-7-3-6-13(14)19-12-5-11-18-19/h5,11-14H,2-4,6-10H2,1H3,(H,17,20)/t13-,14-/m1/s1. The zero-order valence-corrected chi connectivity index (χ0v) is 13.2. The summed E-state index contributed by atoms with van der Waals surface area (Å²) in [5.74, 6) is -0.211. The lowest BCUT2D eigenvalue weighted by Gasteiger charge is -2.20. The lowest BCUT2D eigenvalue weighted by atomic mass is 10.2. The fraction of sp³-hybridized carbons (Fsp3) is 0.688. The molecule has 6 nitrogen and oxygen atoms in total. The average Bonchev–Trinajstić information content (AvgIpc) is 3.15. The number of aromatic nitrogens is 2. The number of carbonyl (C=O) groups is 2. The van der Waals surface area contributed by atoms with Crippen molar-refractivity contribution in [3.05, 3.63) is 18.5 Å². The number of ether oxygens (including phenoxy) is 1. The van der Waals surface area contributed by atoms with Crippen LogP contribution in [0, 0.1) is 0 Å². The fourth-order valence-corrected chi connectivity index (χ4v) is 2.80. The first-order valence-electron chi connectivity index (χ1n) is 8.16. The Labute approximate surface area is 131 Å². The molecule has 1 heterocycles. The monoisotopic (exact) mass is 307 g/mol. The minimum atomic E-state index is -0.215. The molecule has 0 saturated heterocycles. The fourth-order valence-electron chi connectivity index (χ4n) is 2.80. The molecule has 6 heteroatoms. The number of esters is 1. The minimum absolute atomic E-state index is 0.00457. The zero-order chi connectivity index (χ0) is 15.8. The van der Waals surface area contributed by atoms with Gasteiger partial charge in [0.15, 0.2) is 0 Å². The second kappa shape index (κ2) is 8.56. The van der Waals surface area contributed by atoms with E-state index >= 15 is 0 Å². The van der Waals surface area contributed by atoms with Crippen molar-refractivity contribution in [1.29, 1.82) is 0 Å². The molecule has 1 aliphatic carbocycles. The Morgan fingerprint density at radius 3 is 2.95 bits per heavy atom. The van der Waals surface area contributed by atoms with Gasteiger partial charge in [0.25, 0.3) is 0 Å². The molecule has 1 N–H and O–H groups in total. The summed E-state index contributed by atoms with van der Waals surface area (Å²) < 4.78 is 7.46. The van der Waals surface area contributed by atoms with Crippen LogP contribution in [-0.2, 0) is 14.3 Å². The van der Waals surface area contributed by atoms with Gasteiger partial charge in [0.05, 0.1) is 6.04 Å². The molecule has 0 aromatic carbocycles. The Balaban J connectivity index is 1.69. The molecular weight excluding hydrogens is 282 g/mol. The van der Waals surface area contributed by atoms with Crippen molar-refractivity contribution in [2.45, 2.75) is 64.0 Å². The first-order chi connectivity index (χ1) is 10.7. The predicted molar refractivity (Wildman–Crippen MR) is 82.1 cm³/mol. The molecule has 0 spiro atoms. The Morgan fingerprint density at radius 2 is 2.23 bits per heavy atom. The maximum Gasteiger partial charge on any atom is 0.306 e. The average molecular weight is 307 g/mol. The Morgan fingerprint density at radius 1 is 1.36 bits per heavy atom. The molecule has 0 bridgehead atoms. The molecule has 1 aliphatic rings. The maximum absolute atomic E-state index is 11.9. The Kier molecular flexibility index (Phi) is 6.43. The van der Waals surface area contributed by atoms with E-state index in [9.17, 15) is 9.59 Å². The molecular formula is C16H25N3O3. The smallest absolute Gasteiger partial charge is 0.306 e. The summed E-state index contributed by atoms with van der Waals surface area (Å²) in [4.78, 5) is 23.4. The molecule has 1 aromatic heterocycles. The Bertz CT molecular complexity index is 473. The molecule has 0 aliphatic heterocycles. The molecule has 0 unspecified atom stereocenters. The van der Waals surface area contributed by atoms with Gasteiger partial charge in [-0.2, -0.15) is 5.10 Å². The topological polar surface area (TPSA) is 73.2 Å². The Hall–Kier alpha value is -1.85. The number of rotatable bonds is 8. The minimum Gasteiger partial charge on any atom is -0.460 e. The van der Waals surface area contributed by atoms with Gasteiger partial charge in [-0.1, -0.05) is 6.92 Å². The molecule has 1 amide bonds. The van der Waals surface area contributed by atoms with E-state index in [4.69, 9.17) is 4.74 Å². The van der Waals surface area contributed by atoms with E-state index in [-0.39, 0.29) is 24.0 Å². The lowest BCUT2D eigenvalue weighted by molar-refractivity contribution is -0.150. The third kappa shape index (κ3) is 4.86. The summed E-state index contributed by atoms with van der Waals surface area (Å²) in [6, 6.07) is 2.03. The van der Waals surface area contributed by atoms with Crippen LogP contribution in [0.5, 0.6) is 0 Å². The van der Waals surface area contributed by atoms with Gasteiger partial charge < -0.3 is 10.1 Å². The van der Waals surface area contributed by atoms with E-state index in [0.29, 0.717) is 25.8 Å². The molecule has 0 radical (unpaired) electrons. The largest absolute Gasteiger partial charge is 0.460 e. The van der Waals surface area contributed by atoms with Crippen molar-refractivity contribution in [2.24, 2.45) is 0 Å². The van der Waals surface area contributed by atoms with Crippen LogP contribution in [-0.4, -0.2) is 34.3 Å². The van der Waals surface area contributed by atoms with Crippen molar-refractivity contribution < 1.29 is 14.3 Å². The van der Waals surface area contributed by atoms with Crippen LogP contribution in [0.3, 0.4) is 0 Å². The van der Waals surface area contributed by atoms with Gasteiger partial charge >= 0.3 is 5.97 Å². The quantitative estimate of drug-likeness (QED) is 0.747. The third-order valence-corrected chi connectivity index (χ3v) is 3.92. The number of carbonyl (C=O) groups excluding carboxylic acids is 2. The number of hydrogen-bond acceptors (Lipinski definition) is 4. The highest BCUT2D eigenvalue weighted by atomic mass is 16.5. The molecule has 122 valence electrons. The van der Waals surface area contributed by atoms with Gasteiger partial charge in [-0.3, -0.25) is 14.3 Å². The van der Waals surface area contributed by atoms with Crippen molar-refractivity contribution >= 4 is 11.9 Å². The van der Waals surface area contributed by atoms with Gasteiger partial charge in [-0.15, -0.1) is 0 Å². The number of nitrogens with zero attached hydrogens (tertiary/aromatic N) is 2. The van der Waals surface area contributed by atoms with Crippen LogP contribution in [0.4, 0.5) is 0 Å². The number of nitrogens with one attached hydrogen (secondary N) is 1. The zero-order valence-electron chi connectivity index (χ0n) is 13.2. The second-order valence-corrected chi connectivity index (χ2v) is 5.72. The van der Waals surface area contributed by atoms with Crippen LogP contribution < -0.4 is 5.32 Å². The molecule has 1 fully saturated rings. The van der Waals surface area contributed by atoms with E-state index in [1.54, 1.807) is 6.20 Å². The predicted octanol–water partition coefficient (Wildman–Crippen LogP) is 2.22. The SMILES string of the molecule is CCCNC(=O)CCCC(=O)O[C@@H]1CCC[C@H]1n1cccn1. The summed E-state index contributed by atoms with van der Waals surface area (Å²) >= 11 is 0. The molecule has 22 heavy (non-hydrogen) atoms. The number of amides is 1. The van der Waals surface area contributed by atoms with E-state index in [1.165, 1.54) is 0 Å². The van der Waals surface area contributed by atoms with Gasteiger partial charge in [0, 0.05) is 31.8 Å². The summed E-state index contributed by atoms with van der Waals surface area (Å²) in [7, 11) is 0. The van der Waals surface area contributed by atoms with Crippen LogP contribution >= 0.6 is 0 Å². The highest BCUT2D eigenvalue weighted by Crippen LogP contribution is 2.32. The van der Waals surface area contributed by atoms with E-state index in [0.717, 1.165) is 25.7 Å². The van der Waals surface area contributed by atoms with Crippen molar-refractivity contribution in [1.82, 2.24) is 15.1 Å². The third-order valence-electron chi connectivity index (χ3n) is 3.92. The van der Waals surface area contributed by atoms with Gasteiger partial charge in [-0.05, 0) is 38.2 Å². The summed E-state index contributed by atoms with van der Waals surface area (Å²) in [6.07, 6.45) is 8.60. The van der Waals surface area contributed by atoms with E-state index in [1.807, 2.05) is 23.9 Å².